The van der Waals surface area contributed by atoms with Gasteiger partial charge in [-0.2, -0.15) is 0 Å². The van der Waals surface area contributed by atoms with Gasteiger partial charge in [0.1, 0.15) is 0 Å². The molecule has 0 radical (unpaired) electrons. The summed E-state index contributed by atoms with van der Waals surface area (Å²) in [6, 6.07) is 1.57. The Bertz CT molecular complexity index is 343. The van der Waals surface area contributed by atoms with Gasteiger partial charge in [-0.3, -0.25) is 9.59 Å². The van der Waals surface area contributed by atoms with Crippen LogP contribution in [0, 0.1) is 3.57 Å². The van der Waals surface area contributed by atoms with E-state index in [-0.39, 0.29) is 16.9 Å². The van der Waals surface area contributed by atoms with E-state index in [0.29, 0.717) is 0 Å². The maximum absolute atomic E-state index is 10.9. The molecule has 0 bridgehead atoms. The van der Waals surface area contributed by atoms with Crippen molar-refractivity contribution in [2.24, 2.45) is 0 Å². The van der Waals surface area contributed by atoms with Gasteiger partial charge in [0, 0.05) is 9.77 Å². The molecule has 0 unspecified atom stereocenters. The van der Waals surface area contributed by atoms with Gasteiger partial charge in [-0.25, -0.2) is 0 Å². The molecule has 11 heavy (non-hydrogen) atoms. The van der Waals surface area contributed by atoms with E-state index in [1.54, 1.807) is 12.3 Å². The van der Waals surface area contributed by atoms with Crippen LogP contribution in [0.4, 0.5) is 0 Å². The summed E-state index contributed by atoms with van der Waals surface area (Å²) in [4.78, 5) is 24.2. The van der Waals surface area contributed by atoms with E-state index in [2.05, 4.69) is 4.98 Å². The molecule has 0 aliphatic carbocycles. The first-order valence-corrected chi connectivity index (χ1v) is 4.08. The molecule has 4 heteroatoms. The Hall–Kier alpha value is -0.650. The number of nitrogens with one attached hydrogen (secondary N) is 1. The van der Waals surface area contributed by atoms with Crippen molar-refractivity contribution in [2.75, 3.05) is 0 Å². The number of rotatable bonds is 1. The van der Waals surface area contributed by atoms with E-state index >= 15 is 0 Å². The first-order valence-electron chi connectivity index (χ1n) is 3.00. The Morgan fingerprint density at radius 3 is 2.73 bits per heavy atom. The Morgan fingerprint density at radius 1 is 1.64 bits per heavy atom. The zero-order valence-corrected chi connectivity index (χ0v) is 8.01. The van der Waals surface area contributed by atoms with Gasteiger partial charge in [-0.15, -0.1) is 0 Å². The molecular weight excluding hydrogens is 257 g/mol. The smallest absolute Gasteiger partial charge is 0.258 e. The van der Waals surface area contributed by atoms with E-state index in [1.165, 1.54) is 6.92 Å². The van der Waals surface area contributed by atoms with Crippen molar-refractivity contribution in [2.45, 2.75) is 6.92 Å². The molecule has 1 aromatic rings. The van der Waals surface area contributed by atoms with Crippen LogP contribution in [0.5, 0.6) is 0 Å². The molecule has 0 atom stereocenters. The number of aromatic amines is 1. The third-order valence-electron chi connectivity index (χ3n) is 1.25. The summed E-state index contributed by atoms with van der Waals surface area (Å²) >= 11 is 2.03. The Balaban J connectivity index is 3.35. The second kappa shape index (κ2) is 3.17. The fraction of sp³-hybridized carbons (Fsp3) is 0.143. The highest BCUT2D eigenvalue weighted by Crippen LogP contribution is 2.01. The first-order chi connectivity index (χ1) is 5.11. The van der Waals surface area contributed by atoms with E-state index in [1.807, 2.05) is 22.6 Å². The third kappa shape index (κ3) is 1.89. The molecular formula is C7H6INO2. The Labute approximate surface area is 77.0 Å². The molecule has 1 N–H and O–H groups in total. The van der Waals surface area contributed by atoms with Crippen LogP contribution in [0.2, 0.25) is 0 Å². The van der Waals surface area contributed by atoms with Crippen molar-refractivity contribution in [3.63, 3.8) is 0 Å². The monoisotopic (exact) mass is 263 g/mol. The van der Waals surface area contributed by atoms with Gasteiger partial charge < -0.3 is 4.98 Å². The molecule has 0 amide bonds. The van der Waals surface area contributed by atoms with Crippen LogP contribution in [0.25, 0.3) is 0 Å². The van der Waals surface area contributed by atoms with Gasteiger partial charge in [0.15, 0.2) is 5.78 Å². The fourth-order valence-electron chi connectivity index (χ4n) is 0.719. The van der Waals surface area contributed by atoms with Gasteiger partial charge in [0.05, 0.1) is 5.56 Å². The summed E-state index contributed by atoms with van der Waals surface area (Å²) in [5.74, 6) is -0.204. The van der Waals surface area contributed by atoms with Crippen LogP contribution in [0.1, 0.15) is 17.3 Å². The number of pyridine rings is 1. The van der Waals surface area contributed by atoms with Crippen LogP contribution in [0.3, 0.4) is 0 Å². The number of ketones is 1. The minimum Gasteiger partial charge on any atom is -0.327 e. The molecule has 58 valence electrons. The molecule has 0 saturated heterocycles. The first kappa shape index (κ1) is 8.45. The fourth-order valence-corrected chi connectivity index (χ4v) is 1.19. The summed E-state index contributed by atoms with van der Waals surface area (Å²) in [7, 11) is 0. The van der Waals surface area contributed by atoms with E-state index in [4.69, 9.17) is 0 Å². The van der Waals surface area contributed by atoms with Crippen LogP contribution < -0.4 is 5.56 Å². The second-order valence-electron chi connectivity index (χ2n) is 2.12. The molecule has 0 aliphatic heterocycles. The zero-order chi connectivity index (χ0) is 8.43. The standard InChI is InChI=1S/C7H6INO2/c1-4(10)6-2-5(8)3-9-7(6)11/h2-3H,1H3,(H,9,11). The second-order valence-corrected chi connectivity index (χ2v) is 3.36. The number of Topliss-reactive ketones (excluding diaryl/α,β-unsaturated/α-hetero) is 1. The van der Waals surface area contributed by atoms with Crippen LogP contribution in [-0.2, 0) is 0 Å². The lowest BCUT2D eigenvalue weighted by Crippen LogP contribution is -2.15. The maximum atomic E-state index is 10.9. The van der Waals surface area contributed by atoms with Crippen molar-refractivity contribution in [3.05, 3.63) is 31.8 Å². The lowest BCUT2D eigenvalue weighted by Gasteiger charge is -1.93. The minimum absolute atomic E-state index is 0.204. The average Bonchev–Trinajstić information content (AvgIpc) is 1.94. The topological polar surface area (TPSA) is 49.9 Å². The number of H-pyrrole nitrogens is 1. The van der Waals surface area contributed by atoms with Gasteiger partial charge >= 0.3 is 0 Å². The van der Waals surface area contributed by atoms with E-state index < -0.39 is 0 Å². The lowest BCUT2D eigenvalue weighted by molar-refractivity contribution is 0.101. The van der Waals surface area contributed by atoms with Crippen LogP contribution in [-0.4, -0.2) is 10.8 Å². The van der Waals surface area contributed by atoms with Gasteiger partial charge in [-0.1, -0.05) is 0 Å². The number of halogens is 1. The quantitative estimate of drug-likeness (QED) is 0.611. The summed E-state index contributed by atoms with van der Waals surface area (Å²) in [6.45, 7) is 1.38. The van der Waals surface area contributed by atoms with Crippen LogP contribution in [0.15, 0.2) is 17.1 Å². The highest BCUT2D eigenvalue weighted by Gasteiger charge is 2.04. The van der Waals surface area contributed by atoms with Crippen molar-refractivity contribution < 1.29 is 4.79 Å². The predicted octanol–water partition coefficient (Wildman–Crippen LogP) is 1.18. The van der Waals surface area contributed by atoms with Crippen molar-refractivity contribution in [1.82, 2.24) is 4.98 Å². The summed E-state index contributed by atoms with van der Waals surface area (Å²) in [6.07, 6.45) is 1.56. The number of hydrogen-bond acceptors (Lipinski definition) is 2. The largest absolute Gasteiger partial charge is 0.327 e. The lowest BCUT2D eigenvalue weighted by atomic mass is 10.2. The Kier molecular flexibility index (Phi) is 2.43. The van der Waals surface area contributed by atoms with Crippen molar-refractivity contribution in [3.8, 4) is 0 Å². The van der Waals surface area contributed by atoms with Gasteiger partial charge in [-0.05, 0) is 35.6 Å². The number of aromatic nitrogens is 1. The summed E-state index contributed by atoms with van der Waals surface area (Å²) < 4.78 is 0.854. The maximum Gasteiger partial charge on any atom is 0.258 e. The normalized spacial score (nSPS) is 9.64. The summed E-state index contributed by atoms with van der Waals surface area (Å²) in [5, 5.41) is 0. The molecule has 1 heterocycles. The van der Waals surface area contributed by atoms with Gasteiger partial charge in [0.2, 0.25) is 0 Å². The van der Waals surface area contributed by atoms with Crippen molar-refractivity contribution >= 4 is 28.4 Å². The zero-order valence-electron chi connectivity index (χ0n) is 5.85. The minimum atomic E-state index is -0.321. The third-order valence-corrected chi connectivity index (χ3v) is 1.87. The SMILES string of the molecule is CC(=O)c1cc(I)c[nH]c1=O. The van der Waals surface area contributed by atoms with Crippen LogP contribution >= 0.6 is 22.6 Å². The number of hydrogen-bond donors (Lipinski definition) is 1. The Morgan fingerprint density at radius 2 is 2.27 bits per heavy atom. The molecule has 1 aromatic heterocycles. The highest BCUT2D eigenvalue weighted by atomic mass is 127. The number of carbonyl (C=O) groups is 1. The molecule has 0 aliphatic rings. The molecule has 0 spiro atoms. The molecule has 0 aromatic carbocycles. The average molecular weight is 263 g/mol. The van der Waals surface area contributed by atoms with Gasteiger partial charge in [0.25, 0.3) is 5.56 Å². The molecule has 1 rings (SSSR count). The predicted molar refractivity (Wildman–Crippen MR) is 49.8 cm³/mol. The summed E-state index contributed by atoms with van der Waals surface area (Å²) in [5.41, 5.74) is -0.102. The van der Waals surface area contributed by atoms with E-state index in [0.717, 1.165) is 3.57 Å². The van der Waals surface area contributed by atoms with E-state index in [9.17, 15) is 9.59 Å². The highest BCUT2D eigenvalue weighted by molar-refractivity contribution is 14.1. The number of carbonyl (C=O) groups excluding carboxylic acids is 1. The molecule has 3 nitrogen and oxygen atoms in total. The van der Waals surface area contributed by atoms with Crippen molar-refractivity contribution in [1.29, 1.82) is 0 Å². The molecule has 0 fully saturated rings. The molecule has 0 saturated carbocycles.